The van der Waals surface area contributed by atoms with Crippen molar-refractivity contribution >= 4 is 0 Å². The van der Waals surface area contributed by atoms with Crippen LogP contribution in [-0.4, -0.2) is 10.2 Å². The Hall–Kier alpha value is -1.32. The minimum atomic E-state index is -0.931. The van der Waals surface area contributed by atoms with E-state index in [2.05, 4.69) is 9.78 Å². The van der Waals surface area contributed by atoms with Gasteiger partial charge in [-0.2, -0.15) is 0 Å². The molecule has 0 radical (unpaired) electrons. The third-order valence-electron chi connectivity index (χ3n) is 0.401. The normalized spacial score (nSPS) is 9.00. The fourth-order valence-corrected chi connectivity index (χ4v) is 0.158. The van der Waals surface area contributed by atoms with E-state index in [9.17, 15) is 0 Å². The van der Waals surface area contributed by atoms with Gasteiger partial charge in [-0.25, -0.2) is 0 Å². The summed E-state index contributed by atoms with van der Waals surface area (Å²) >= 11 is 0. The maximum Gasteiger partial charge on any atom is 0.315 e. The van der Waals surface area contributed by atoms with Gasteiger partial charge in [0.1, 0.15) is 6.26 Å². The van der Waals surface area contributed by atoms with Crippen molar-refractivity contribution in [1.29, 1.82) is 0 Å². The smallest absolute Gasteiger partial charge is 0.315 e. The molecule has 0 aliphatic heterocycles. The summed E-state index contributed by atoms with van der Waals surface area (Å²) in [5.74, 6) is -0.931. The molecule has 0 aliphatic rings. The van der Waals surface area contributed by atoms with Gasteiger partial charge in [-0.05, 0) is 13.0 Å². The lowest BCUT2D eigenvalue weighted by Gasteiger charge is -1.92. The zero-order valence-corrected chi connectivity index (χ0v) is 4.94. The van der Waals surface area contributed by atoms with Crippen molar-refractivity contribution < 1.29 is 20.0 Å². The third-order valence-corrected chi connectivity index (χ3v) is 0.401. The molecule has 0 aromatic heterocycles. The number of aliphatic hydroxyl groups is 2. The quantitative estimate of drug-likeness (QED) is 0.263. The topological polar surface area (TPSA) is 58.9 Å². The minimum Gasteiger partial charge on any atom is -0.479 e. The SMILES string of the molecule is C/C=C/OOC=C(O)O. The second-order valence-electron chi connectivity index (χ2n) is 1.14. The lowest BCUT2D eigenvalue weighted by atomic mass is 10.7. The average molecular weight is 132 g/mol. The van der Waals surface area contributed by atoms with Gasteiger partial charge in [-0.3, -0.25) is 9.78 Å². The lowest BCUT2D eigenvalue weighted by molar-refractivity contribution is -0.201. The van der Waals surface area contributed by atoms with Gasteiger partial charge in [-0.15, -0.1) is 0 Å². The van der Waals surface area contributed by atoms with Crippen molar-refractivity contribution in [1.82, 2.24) is 0 Å². The first-order valence-electron chi connectivity index (χ1n) is 2.28. The maximum atomic E-state index is 8.04. The van der Waals surface area contributed by atoms with Gasteiger partial charge in [0.25, 0.3) is 0 Å². The second kappa shape index (κ2) is 4.83. The summed E-state index contributed by atoms with van der Waals surface area (Å²) < 4.78 is 0. The number of hydrogen-bond acceptors (Lipinski definition) is 4. The molecule has 4 heteroatoms. The van der Waals surface area contributed by atoms with Crippen molar-refractivity contribution in [3.8, 4) is 0 Å². The van der Waals surface area contributed by atoms with Crippen LogP contribution >= 0.6 is 0 Å². The molecule has 0 amide bonds. The highest BCUT2D eigenvalue weighted by atomic mass is 17.2. The summed E-state index contributed by atoms with van der Waals surface area (Å²) in [6.07, 6.45) is 3.49. The standard InChI is InChI=1S/C5H8O4/c1-2-3-8-9-4-5(6)7/h2-4,6-7H,1H3/b3-2+. The summed E-state index contributed by atoms with van der Waals surface area (Å²) in [5.41, 5.74) is 0. The van der Waals surface area contributed by atoms with Crippen LogP contribution in [0.3, 0.4) is 0 Å². The van der Waals surface area contributed by atoms with Crippen molar-refractivity contribution in [2.24, 2.45) is 0 Å². The molecule has 0 bridgehead atoms. The Morgan fingerprint density at radius 3 is 2.44 bits per heavy atom. The van der Waals surface area contributed by atoms with E-state index < -0.39 is 5.95 Å². The monoisotopic (exact) mass is 132 g/mol. The first-order chi connectivity index (χ1) is 4.27. The Balaban J connectivity index is 3.20. The molecule has 0 spiro atoms. The average Bonchev–Trinajstić information content (AvgIpc) is 1.80. The van der Waals surface area contributed by atoms with Gasteiger partial charge >= 0.3 is 5.95 Å². The molecular weight excluding hydrogens is 124 g/mol. The van der Waals surface area contributed by atoms with E-state index in [4.69, 9.17) is 10.2 Å². The number of allylic oxidation sites excluding steroid dienone is 1. The van der Waals surface area contributed by atoms with Crippen molar-refractivity contribution in [3.05, 3.63) is 24.5 Å². The zero-order chi connectivity index (χ0) is 7.11. The Morgan fingerprint density at radius 1 is 1.33 bits per heavy atom. The van der Waals surface area contributed by atoms with Gasteiger partial charge < -0.3 is 10.2 Å². The fraction of sp³-hybridized carbons (Fsp3) is 0.200. The zero-order valence-electron chi connectivity index (χ0n) is 4.94. The Labute approximate surface area is 52.6 Å². The number of aliphatic hydroxyl groups excluding tert-OH is 1. The molecule has 52 valence electrons. The molecule has 2 N–H and O–H groups in total. The molecular formula is C5H8O4. The predicted molar refractivity (Wildman–Crippen MR) is 30.3 cm³/mol. The van der Waals surface area contributed by atoms with Crippen LogP contribution in [0.4, 0.5) is 0 Å². The third kappa shape index (κ3) is 6.68. The van der Waals surface area contributed by atoms with E-state index in [0.29, 0.717) is 6.26 Å². The molecule has 0 saturated carbocycles. The van der Waals surface area contributed by atoms with Crippen LogP contribution in [0.5, 0.6) is 0 Å². The van der Waals surface area contributed by atoms with E-state index in [-0.39, 0.29) is 0 Å². The van der Waals surface area contributed by atoms with Gasteiger partial charge in [0.15, 0.2) is 0 Å². The molecule has 0 saturated heterocycles. The summed E-state index contributed by atoms with van der Waals surface area (Å²) in [6.45, 7) is 1.73. The van der Waals surface area contributed by atoms with E-state index in [1.807, 2.05) is 0 Å². The van der Waals surface area contributed by atoms with Crippen LogP contribution in [-0.2, 0) is 9.78 Å². The second-order valence-corrected chi connectivity index (χ2v) is 1.14. The van der Waals surface area contributed by atoms with Crippen LogP contribution < -0.4 is 0 Å². The van der Waals surface area contributed by atoms with Gasteiger partial charge in [0.05, 0.1) is 0 Å². The van der Waals surface area contributed by atoms with E-state index in [1.165, 1.54) is 6.26 Å². The minimum absolute atomic E-state index is 0.653. The summed E-state index contributed by atoms with van der Waals surface area (Å²) in [4.78, 5) is 8.30. The fourth-order valence-electron chi connectivity index (χ4n) is 0.158. The highest BCUT2D eigenvalue weighted by molar-refractivity contribution is 4.67. The molecule has 0 aromatic carbocycles. The van der Waals surface area contributed by atoms with E-state index in [1.54, 1.807) is 13.0 Å². The van der Waals surface area contributed by atoms with Crippen LogP contribution in [0, 0.1) is 0 Å². The number of rotatable bonds is 3. The van der Waals surface area contributed by atoms with Gasteiger partial charge in [0.2, 0.25) is 6.26 Å². The van der Waals surface area contributed by atoms with Crippen molar-refractivity contribution in [2.45, 2.75) is 6.92 Å². The summed E-state index contributed by atoms with van der Waals surface area (Å²) in [6, 6.07) is 0. The van der Waals surface area contributed by atoms with Crippen molar-refractivity contribution in [2.75, 3.05) is 0 Å². The molecule has 0 unspecified atom stereocenters. The molecule has 0 heterocycles. The molecule has 0 fully saturated rings. The van der Waals surface area contributed by atoms with E-state index in [0.717, 1.165) is 0 Å². The highest BCUT2D eigenvalue weighted by Gasteiger charge is 1.80. The molecule has 9 heavy (non-hydrogen) atoms. The number of hydrogen-bond donors (Lipinski definition) is 2. The Kier molecular flexibility index (Phi) is 4.12. The Bertz CT molecular complexity index is 112. The summed E-state index contributed by atoms with van der Waals surface area (Å²) in [5, 5.41) is 16.1. The Morgan fingerprint density at radius 2 is 2.00 bits per heavy atom. The van der Waals surface area contributed by atoms with Crippen LogP contribution in [0.2, 0.25) is 0 Å². The van der Waals surface area contributed by atoms with Crippen molar-refractivity contribution in [3.63, 3.8) is 0 Å². The molecule has 4 nitrogen and oxygen atoms in total. The molecule has 0 atom stereocenters. The van der Waals surface area contributed by atoms with Crippen LogP contribution in [0.1, 0.15) is 6.92 Å². The molecule has 0 aliphatic carbocycles. The highest BCUT2D eigenvalue weighted by Crippen LogP contribution is 1.84. The first kappa shape index (κ1) is 7.68. The van der Waals surface area contributed by atoms with Gasteiger partial charge in [-0.1, -0.05) is 0 Å². The van der Waals surface area contributed by atoms with Crippen LogP contribution in [0.25, 0.3) is 0 Å². The lowest BCUT2D eigenvalue weighted by Crippen LogP contribution is -1.81. The van der Waals surface area contributed by atoms with Gasteiger partial charge in [0, 0.05) is 0 Å². The molecule has 0 rings (SSSR count). The summed E-state index contributed by atoms with van der Waals surface area (Å²) in [7, 11) is 0. The largest absolute Gasteiger partial charge is 0.479 e. The molecule has 0 aromatic rings. The maximum absolute atomic E-state index is 8.04. The predicted octanol–water partition coefficient (Wildman–Crippen LogP) is 1.38. The van der Waals surface area contributed by atoms with Crippen LogP contribution in [0.15, 0.2) is 24.5 Å². The van der Waals surface area contributed by atoms with E-state index >= 15 is 0 Å². The first-order valence-corrected chi connectivity index (χ1v) is 2.28.